The van der Waals surface area contributed by atoms with E-state index in [2.05, 4.69) is 12.1 Å². The van der Waals surface area contributed by atoms with Crippen molar-refractivity contribution in [1.82, 2.24) is 0 Å². The van der Waals surface area contributed by atoms with Crippen LogP contribution in [0.3, 0.4) is 0 Å². The summed E-state index contributed by atoms with van der Waals surface area (Å²) >= 11 is 6.45. The van der Waals surface area contributed by atoms with Gasteiger partial charge in [0.15, 0.2) is 0 Å². The quantitative estimate of drug-likeness (QED) is 0.376. The van der Waals surface area contributed by atoms with Gasteiger partial charge in [-0.05, 0) is 68.7 Å². The highest BCUT2D eigenvalue weighted by Gasteiger charge is 2.41. The van der Waals surface area contributed by atoms with Crippen molar-refractivity contribution in [3.63, 3.8) is 0 Å². The molecule has 1 aliphatic carbocycles. The smallest absolute Gasteiger partial charge is 0.303 e. The van der Waals surface area contributed by atoms with E-state index in [1.54, 1.807) is 0 Å². The first kappa shape index (κ1) is 20.8. The number of hydrogen-bond donors (Lipinski definition) is 2. The number of aliphatic hydroxyl groups excluding tert-OH is 1. The molecular weight excluding hydrogens is 352 g/mol. The Kier molecular flexibility index (Phi) is 7.98. The maximum atomic E-state index is 10.5. The van der Waals surface area contributed by atoms with Crippen LogP contribution in [-0.2, 0) is 4.79 Å². The highest BCUT2D eigenvalue weighted by Crippen LogP contribution is 2.39. The number of alkyl halides is 1. The first-order chi connectivity index (χ1) is 12.4. The van der Waals surface area contributed by atoms with Crippen LogP contribution in [0.25, 0.3) is 0 Å². The van der Waals surface area contributed by atoms with Crippen molar-refractivity contribution in [2.75, 3.05) is 6.61 Å². The van der Waals surface area contributed by atoms with Crippen molar-refractivity contribution < 1.29 is 19.7 Å². The monoisotopic (exact) mass is 380 g/mol. The summed E-state index contributed by atoms with van der Waals surface area (Å²) in [4.78, 5) is 10.5. The van der Waals surface area contributed by atoms with Crippen molar-refractivity contribution in [3.8, 4) is 5.75 Å². The lowest BCUT2D eigenvalue weighted by molar-refractivity contribution is -0.137. The van der Waals surface area contributed by atoms with Gasteiger partial charge in [0.1, 0.15) is 5.75 Å². The van der Waals surface area contributed by atoms with Gasteiger partial charge in [-0.25, -0.2) is 0 Å². The second kappa shape index (κ2) is 9.98. The van der Waals surface area contributed by atoms with E-state index in [0.717, 1.165) is 29.7 Å². The molecule has 144 valence electrons. The number of benzene rings is 1. The van der Waals surface area contributed by atoms with Crippen LogP contribution in [0.1, 0.15) is 43.2 Å². The highest BCUT2D eigenvalue weighted by atomic mass is 35.5. The Morgan fingerprint density at radius 2 is 1.92 bits per heavy atom. The van der Waals surface area contributed by atoms with Crippen LogP contribution < -0.4 is 4.74 Å². The molecule has 0 heterocycles. The van der Waals surface area contributed by atoms with E-state index in [4.69, 9.17) is 21.4 Å². The Morgan fingerprint density at radius 1 is 1.23 bits per heavy atom. The van der Waals surface area contributed by atoms with Crippen LogP contribution >= 0.6 is 11.6 Å². The van der Waals surface area contributed by atoms with Crippen LogP contribution in [0, 0.1) is 25.7 Å². The zero-order valence-corrected chi connectivity index (χ0v) is 16.3. The number of carboxylic acids is 1. The predicted octanol–water partition coefficient (Wildman–Crippen LogP) is 4.49. The van der Waals surface area contributed by atoms with Gasteiger partial charge in [-0.2, -0.15) is 0 Å². The zero-order valence-electron chi connectivity index (χ0n) is 15.5. The fourth-order valence-electron chi connectivity index (χ4n) is 3.64. The molecule has 1 aliphatic rings. The van der Waals surface area contributed by atoms with Gasteiger partial charge >= 0.3 is 5.97 Å². The number of rotatable bonds is 9. The van der Waals surface area contributed by atoms with Crippen LogP contribution in [-0.4, -0.2) is 34.3 Å². The normalized spacial score (nSPS) is 25.7. The van der Waals surface area contributed by atoms with E-state index >= 15 is 0 Å². The fourth-order valence-corrected chi connectivity index (χ4v) is 4.11. The molecule has 4 atom stereocenters. The lowest BCUT2D eigenvalue weighted by Gasteiger charge is -2.23. The van der Waals surface area contributed by atoms with Gasteiger partial charge in [0.2, 0.25) is 0 Å². The number of aliphatic carboxylic acids is 1. The third-order valence-corrected chi connectivity index (χ3v) is 5.45. The maximum Gasteiger partial charge on any atom is 0.303 e. The van der Waals surface area contributed by atoms with Crippen molar-refractivity contribution >= 4 is 17.6 Å². The molecule has 1 aromatic rings. The summed E-state index contributed by atoms with van der Waals surface area (Å²) in [5.41, 5.74) is 2.31. The molecular formula is C21H29ClO4. The molecule has 2 N–H and O–H groups in total. The topological polar surface area (TPSA) is 66.8 Å². The molecule has 0 amide bonds. The van der Waals surface area contributed by atoms with Crippen LogP contribution in [0.15, 0.2) is 30.4 Å². The van der Waals surface area contributed by atoms with E-state index in [9.17, 15) is 9.90 Å². The minimum Gasteiger partial charge on any atom is -0.493 e. The number of halogens is 1. The Balaban J connectivity index is 1.88. The van der Waals surface area contributed by atoms with Gasteiger partial charge in [-0.1, -0.05) is 18.2 Å². The lowest BCUT2D eigenvalue weighted by Crippen LogP contribution is -2.27. The number of ether oxygens (including phenoxy) is 1. The molecule has 5 heteroatoms. The van der Waals surface area contributed by atoms with Crippen molar-refractivity contribution in [2.45, 2.75) is 57.4 Å². The van der Waals surface area contributed by atoms with Gasteiger partial charge in [0.05, 0.1) is 12.7 Å². The number of aliphatic hydroxyl groups is 1. The molecule has 1 fully saturated rings. The van der Waals surface area contributed by atoms with E-state index in [0.29, 0.717) is 19.4 Å². The molecule has 0 saturated heterocycles. The largest absolute Gasteiger partial charge is 0.493 e. The van der Waals surface area contributed by atoms with E-state index < -0.39 is 12.1 Å². The predicted molar refractivity (Wildman–Crippen MR) is 104 cm³/mol. The molecule has 0 unspecified atom stereocenters. The molecule has 0 radical (unpaired) electrons. The summed E-state index contributed by atoms with van der Waals surface area (Å²) in [5.74, 6) is 0.229. The summed E-state index contributed by atoms with van der Waals surface area (Å²) < 4.78 is 5.96. The Bertz CT molecular complexity index is 608. The Morgan fingerprint density at radius 3 is 2.58 bits per heavy atom. The molecule has 1 aromatic carbocycles. The summed E-state index contributed by atoms with van der Waals surface area (Å²) in [7, 11) is 0. The fraction of sp³-hybridized carbons (Fsp3) is 0.571. The van der Waals surface area contributed by atoms with Gasteiger partial charge in [-0.3, -0.25) is 4.79 Å². The Hall–Kier alpha value is -1.52. The second-order valence-electron chi connectivity index (χ2n) is 7.27. The maximum absolute atomic E-state index is 10.5. The highest BCUT2D eigenvalue weighted by molar-refractivity contribution is 6.21. The van der Waals surface area contributed by atoms with Crippen LogP contribution in [0.2, 0.25) is 0 Å². The molecule has 1 saturated carbocycles. The second-order valence-corrected chi connectivity index (χ2v) is 7.83. The average Bonchev–Trinajstić information content (AvgIpc) is 2.81. The summed E-state index contributed by atoms with van der Waals surface area (Å²) in [6, 6.07) is 6.11. The SMILES string of the molecule is Cc1cc(C)cc(OC[C@@H]2[C@@H](C/C=C\CCCC(=O)O)[C@H](Cl)C[C@H]2O)c1. The number of hydrogen-bond acceptors (Lipinski definition) is 3. The van der Waals surface area contributed by atoms with Gasteiger partial charge < -0.3 is 14.9 Å². The van der Waals surface area contributed by atoms with Gasteiger partial charge in [0, 0.05) is 17.7 Å². The molecule has 4 nitrogen and oxygen atoms in total. The van der Waals surface area contributed by atoms with Gasteiger partial charge in [0.25, 0.3) is 0 Å². The summed E-state index contributed by atoms with van der Waals surface area (Å²) in [6.07, 6.45) is 6.56. The Labute approximate surface area is 160 Å². The summed E-state index contributed by atoms with van der Waals surface area (Å²) in [5, 5.41) is 18.9. The van der Waals surface area contributed by atoms with E-state index in [-0.39, 0.29) is 23.6 Å². The first-order valence-corrected chi connectivity index (χ1v) is 9.70. The van der Waals surface area contributed by atoms with Crippen LogP contribution in [0.4, 0.5) is 0 Å². The minimum atomic E-state index is -0.762. The molecule has 0 bridgehead atoms. The molecule has 0 aromatic heterocycles. The number of carbonyl (C=O) groups is 1. The zero-order chi connectivity index (χ0) is 19.1. The third-order valence-electron chi connectivity index (χ3n) is 4.95. The number of aryl methyl sites for hydroxylation is 2. The standard InChI is InChI=1S/C21H29ClO4/c1-14-9-15(2)11-16(10-14)26-13-18-17(19(22)12-20(18)23)7-5-3-4-6-8-21(24)25/h3,5,9-11,17-20,23H,4,6-8,12-13H2,1-2H3,(H,24,25)/b5-3-/t17-,18-,19-,20-/m1/s1. The van der Waals surface area contributed by atoms with E-state index in [1.165, 1.54) is 0 Å². The van der Waals surface area contributed by atoms with Crippen molar-refractivity contribution in [1.29, 1.82) is 0 Å². The lowest BCUT2D eigenvalue weighted by atomic mass is 9.92. The summed E-state index contributed by atoms with van der Waals surface area (Å²) in [6.45, 7) is 4.53. The first-order valence-electron chi connectivity index (χ1n) is 9.27. The number of allylic oxidation sites excluding steroid dienone is 2. The minimum absolute atomic E-state index is 0.00184. The number of unbranched alkanes of at least 4 members (excludes halogenated alkanes) is 1. The van der Waals surface area contributed by atoms with Crippen molar-refractivity contribution in [2.24, 2.45) is 11.8 Å². The third kappa shape index (κ3) is 6.33. The van der Waals surface area contributed by atoms with Gasteiger partial charge in [-0.15, -0.1) is 11.6 Å². The number of carboxylic acid groups (broad SMARTS) is 1. The van der Waals surface area contributed by atoms with Crippen molar-refractivity contribution in [3.05, 3.63) is 41.5 Å². The van der Waals surface area contributed by atoms with Crippen LogP contribution in [0.5, 0.6) is 5.75 Å². The average molecular weight is 381 g/mol. The molecule has 26 heavy (non-hydrogen) atoms. The molecule has 0 aliphatic heterocycles. The molecule has 0 spiro atoms. The van der Waals surface area contributed by atoms with E-state index in [1.807, 2.05) is 32.1 Å². The molecule has 2 rings (SSSR count).